The largest absolute Gasteiger partial charge is 0.381 e. The Labute approximate surface area is 163 Å². The van der Waals surface area contributed by atoms with E-state index in [1.165, 1.54) is 0 Å². The van der Waals surface area contributed by atoms with Crippen LogP contribution < -0.4 is 10.6 Å². The minimum absolute atomic E-state index is 0.112. The highest BCUT2D eigenvalue weighted by molar-refractivity contribution is 7.81. The Morgan fingerprint density at radius 1 is 1.37 bits per heavy atom. The molecule has 1 heterocycles. The number of nitrogens with zero attached hydrogens (tertiary/aromatic N) is 1. The maximum Gasteiger partial charge on any atom is 0.233 e. The predicted octanol–water partition coefficient (Wildman–Crippen LogP) is 1.67. The fourth-order valence-electron chi connectivity index (χ4n) is 3.34. The molecule has 1 unspecified atom stereocenters. The SMILES string of the molecule is CCCN(Cc1ccc(C2(NCC(=O)NC)CCOCC2)cc1F)S(C)=O. The summed E-state index contributed by atoms with van der Waals surface area (Å²) in [6.07, 6.45) is 3.81. The highest BCUT2D eigenvalue weighted by atomic mass is 32.2. The van der Waals surface area contributed by atoms with Gasteiger partial charge in [-0.2, -0.15) is 0 Å². The Balaban J connectivity index is 2.23. The summed E-state index contributed by atoms with van der Waals surface area (Å²) in [5, 5.41) is 5.91. The minimum Gasteiger partial charge on any atom is -0.381 e. The van der Waals surface area contributed by atoms with E-state index in [0.29, 0.717) is 44.7 Å². The second-order valence-corrected chi connectivity index (χ2v) is 8.18. The third kappa shape index (κ3) is 5.81. The molecule has 0 bridgehead atoms. The molecule has 27 heavy (non-hydrogen) atoms. The van der Waals surface area contributed by atoms with Crippen LogP contribution in [0.4, 0.5) is 4.39 Å². The van der Waals surface area contributed by atoms with E-state index in [-0.39, 0.29) is 18.3 Å². The van der Waals surface area contributed by atoms with Gasteiger partial charge in [0.2, 0.25) is 5.91 Å². The van der Waals surface area contributed by atoms with Gasteiger partial charge in [0.25, 0.3) is 0 Å². The number of benzene rings is 1. The summed E-state index contributed by atoms with van der Waals surface area (Å²) in [6.45, 7) is 4.25. The standard InChI is InChI=1S/C19H30FN3O3S/c1-4-9-23(27(3)25)14-15-5-6-16(12-17(15)20)19(7-10-26-11-8-19)22-13-18(24)21-2/h5-6,12,22H,4,7-11,13-14H2,1-3H3,(H,21,24). The van der Waals surface area contributed by atoms with Gasteiger partial charge in [0.05, 0.1) is 17.5 Å². The summed E-state index contributed by atoms with van der Waals surface area (Å²) in [7, 11) is 0.446. The van der Waals surface area contributed by atoms with Crippen LogP contribution in [-0.2, 0) is 32.6 Å². The molecular weight excluding hydrogens is 369 g/mol. The second-order valence-electron chi connectivity index (χ2n) is 6.81. The number of ether oxygens (including phenoxy) is 1. The molecule has 1 aliphatic rings. The summed E-state index contributed by atoms with van der Waals surface area (Å²) in [6, 6.07) is 5.21. The van der Waals surface area contributed by atoms with Crippen molar-refractivity contribution in [3.63, 3.8) is 0 Å². The van der Waals surface area contributed by atoms with Crippen molar-refractivity contribution < 1.29 is 18.1 Å². The molecule has 1 aliphatic heterocycles. The van der Waals surface area contributed by atoms with Gasteiger partial charge >= 0.3 is 0 Å². The molecule has 1 fully saturated rings. The molecule has 0 aliphatic carbocycles. The van der Waals surface area contributed by atoms with Crippen LogP contribution in [-0.4, -0.2) is 54.0 Å². The lowest BCUT2D eigenvalue weighted by Crippen LogP contribution is -2.50. The van der Waals surface area contributed by atoms with Crippen molar-refractivity contribution in [3.05, 3.63) is 35.1 Å². The van der Waals surface area contributed by atoms with E-state index in [2.05, 4.69) is 10.6 Å². The number of amides is 1. The number of carbonyl (C=O) groups excluding carboxylic acids is 1. The van der Waals surface area contributed by atoms with E-state index in [1.54, 1.807) is 29.7 Å². The zero-order valence-corrected chi connectivity index (χ0v) is 17.2. The first-order valence-corrected chi connectivity index (χ1v) is 10.8. The van der Waals surface area contributed by atoms with Crippen molar-refractivity contribution in [2.24, 2.45) is 0 Å². The van der Waals surface area contributed by atoms with Gasteiger partial charge in [-0.15, -0.1) is 0 Å². The number of rotatable bonds is 9. The quantitative estimate of drug-likeness (QED) is 0.663. The first kappa shape index (κ1) is 21.9. The number of hydrogen-bond acceptors (Lipinski definition) is 4. The van der Waals surface area contributed by atoms with E-state index in [1.807, 2.05) is 13.0 Å². The minimum atomic E-state index is -1.15. The first-order chi connectivity index (χ1) is 12.9. The van der Waals surface area contributed by atoms with Crippen LogP contribution in [0.1, 0.15) is 37.3 Å². The van der Waals surface area contributed by atoms with Crippen LogP contribution in [0.5, 0.6) is 0 Å². The van der Waals surface area contributed by atoms with Crippen molar-refractivity contribution in [1.82, 2.24) is 14.9 Å². The van der Waals surface area contributed by atoms with Gasteiger partial charge in [-0.1, -0.05) is 19.1 Å². The van der Waals surface area contributed by atoms with E-state index in [4.69, 9.17) is 4.74 Å². The van der Waals surface area contributed by atoms with Crippen LogP contribution in [0.3, 0.4) is 0 Å². The fourth-order valence-corrected chi connectivity index (χ4v) is 4.10. The zero-order valence-electron chi connectivity index (χ0n) is 16.3. The lowest BCUT2D eigenvalue weighted by molar-refractivity contribution is -0.120. The van der Waals surface area contributed by atoms with Crippen LogP contribution in [0.15, 0.2) is 18.2 Å². The average molecular weight is 400 g/mol. The van der Waals surface area contributed by atoms with Crippen LogP contribution >= 0.6 is 0 Å². The number of hydrogen-bond donors (Lipinski definition) is 2. The van der Waals surface area contributed by atoms with Gasteiger partial charge in [0.15, 0.2) is 0 Å². The molecule has 1 atom stereocenters. The number of carbonyl (C=O) groups is 1. The summed E-state index contributed by atoms with van der Waals surface area (Å²) in [5.41, 5.74) is 0.854. The summed E-state index contributed by atoms with van der Waals surface area (Å²) in [4.78, 5) is 11.7. The molecule has 8 heteroatoms. The van der Waals surface area contributed by atoms with Crippen molar-refractivity contribution in [1.29, 1.82) is 0 Å². The lowest BCUT2D eigenvalue weighted by atomic mass is 9.82. The molecule has 0 radical (unpaired) electrons. The Morgan fingerprint density at radius 3 is 2.63 bits per heavy atom. The van der Waals surface area contributed by atoms with E-state index in [9.17, 15) is 13.4 Å². The molecule has 1 aromatic rings. The average Bonchev–Trinajstić information content (AvgIpc) is 2.67. The van der Waals surface area contributed by atoms with Gasteiger partial charge in [-0.05, 0) is 30.9 Å². The molecule has 0 aromatic heterocycles. The summed E-state index contributed by atoms with van der Waals surface area (Å²) in [5.74, 6) is -0.426. The molecule has 152 valence electrons. The summed E-state index contributed by atoms with van der Waals surface area (Å²) < 4.78 is 33.9. The smallest absolute Gasteiger partial charge is 0.233 e. The van der Waals surface area contributed by atoms with Crippen molar-refractivity contribution >= 4 is 16.9 Å². The monoisotopic (exact) mass is 399 g/mol. The Bertz CT molecular complexity index is 666. The molecule has 0 spiro atoms. The third-order valence-electron chi connectivity index (χ3n) is 5.00. The summed E-state index contributed by atoms with van der Waals surface area (Å²) >= 11 is 0. The van der Waals surface area contributed by atoms with Gasteiger partial charge in [-0.3, -0.25) is 10.1 Å². The molecule has 1 amide bonds. The molecule has 2 N–H and O–H groups in total. The Morgan fingerprint density at radius 2 is 2.07 bits per heavy atom. The number of nitrogens with one attached hydrogen (secondary N) is 2. The molecule has 6 nitrogen and oxygen atoms in total. The van der Waals surface area contributed by atoms with Gasteiger partial charge in [0, 0.05) is 50.7 Å². The van der Waals surface area contributed by atoms with Crippen molar-refractivity contribution in [3.8, 4) is 0 Å². The normalized spacial score (nSPS) is 17.7. The first-order valence-electron chi connectivity index (χ1n) is 9.32. The maximum atomic E-state index is 14.8. The van der Waals surface area contributed by atoms with Crippen LogP contribution in [0.2, 0.25) is 0 Å². The number of halogens is 1. The lowest BCUT2D eigenvalue weighted by Gasteiger charge is -2.38. The molecule has 1 saturated heterocycles. The molecule has 1 aromatic carbocycles. The van der Waals surface area contributed by atoms with Crippen molar-refractivity contribution in [2.75, 3.05) is 39.6 Å². The highest BCUT2D eigenvalue weighted by Crippen LogP contribution is 2.33. The van der Waals surface area contributed by atoms with E-state index >= 15 is 0 Å². The molecule has 0 saturated carbocycles. The topological polar surface area (TPSA) is 70.7 Å². The molecular formula is C19H30FN3O3S. The van der Waals surface area contributed by atoms with Crippen LogP contribution in [0.25, 0.3) is 0 Å². The third-order valence-corrected chi connectivity index (χ3v) is 6.04. The van der Waals surface area contributed by atoms with Gasteiger partial charge < -0.3 is 10.1 Å². The van der Waals surface area contributed by atoms with Gasteiger partial charge in [-0.25, -0.2) is 12.9 Å². The van der Waals surface area contributed by atoms with Crippen molar-refractivity contribution in [2.45, 2.75) is 38.3 Å². The van der Waals surface area contributed by atoms with Crippen LogP contribution in [0, 0.1) is 5.82 Å². The zero-order chi connectivity index (χ0) is 19.9. The highest BCUT2D eigenvalue weighted by Gasteiger charge is 2.35. The Hall–Kier alpha value is -1.35. The Kier molecular flexibility index (Phi) is 8.34. The van der Waals surface area contributed by atoms with Gasteiger partial charge in [0.1, 0.15) is 5.82 Å². The second kappa shape index (κ2) is 10.3. The number of likely N-dealkylation sites (N-methyl/N-ethyl adjacent to an activating group) is 1. The maximum absolute atomic E-state index is 14.8. The molecule has 2 rings (SSSR count). The predicted molar refractivity (Wildman–Crippen MR) is 105 cm³/mol. The van der Waals surface area contributed by atoms with E-state index in [0.717, 1.165) is 12.0 Å². The fraction of sp³-hybridized carbons (Fsp3) is 0.632. The van der Waals surface area contributed by atoms with E-state index < -0.39 is 16.5 Å².